The minimum Gasteiger partial charge on any atom is -0.373 e. The van der Waals surface area contributed by atoms with Gasteiger partial charge in [0.05, 0.1) is 12.2 Å². The molecule has 0 amide bonds. The lowest BCUT2D eigenvalue weighted by molar-refractivity contribution is -0.137. The van der Waals surface area contributed by atoms with Crippen LogP contribution in [0.5, 0.6) is 0 Å². The molecule has 0 radical (unpaired) electrons. The topological polar surface area (TPSA) is 12.5 Å². The molecule has 1 heterocycles. The van der Waals surface area contributed by atoms with Gasteiger partial charge in [-0.05, 0) is 13.8 Å². The van der Waals surface area contributed by atoms with E-state index in [1.807, 2.05) is 13.8 Å². The van der Waals surface area contributed by atoms with Crippen LogP contribution in [0.1, 0.15) is 13.8 Å². The van der Waals surface area contributed by atoms with E-state index in [1.54, 1.807) is 4.90 Å². The Morgan fingerprint density at radius 1 is 1.33 bits per heavy atom. The van der Waals surface area contributed by atoms with Gasteiger partial charge in [-0.1, -0.05) is 15.9 Å². The predicted molar refractivity (Wildman–Crippen MR) is 55.2 cm³/mol. The molecule has 0 aromatic rings. The first-order chi connectivity index (χ1) is 6.79. The van der Waals surface area contributed by atoms with Crippen molar-refractivity contribution >= 4 is 15.9 Å². The summed E-state index contributed by atoms with van der Waals surface area (Å²) < 4.78 is 42.3. The first-order valence-electron chi connectivity index (χ1n) is 4.87. The molecule has 1 aliphatic heterocycles. The summed E-state index contributed by atoms with van der Waals surface area (Å²) in [5.74, 6) is 0. The Morgan fingerprint density at radius 2 is 1.80 bits per heavy atom. The van der Waals surface area contributed by atoms with Crippen LogP contribution in [-0.4, -0.2) is 47.7 Å². The summed E-state index contributed by atoms with van der Waals surface area (Å²) in [6.07, 6.45) is -4.17. The van der Waals surface area contributed by atoms with Crippen molar-refractivity contribution < 1.29 is 17.9 Å². The number of hydrogen-bond donors (Lipinski definition) is 0. The highest BCUT2D eigenvalue weighted by Crippen LogP contribution is 2.27. The average Bonchev–Trinajstić information content (AvgIpc) is 1.99. The molecule has 0 aromatic heterocycles. The van der Waals surface area contributed by atoms with E-state index in [0.717, 1.165) is 0 Å². The van der Waals surface area contributed by atoms with Gasteiger partial charge in [0, 0.05) is 19.6 Å². The lowest BCUT2D eigenvalue weighted by atomic mass is 10.2. The monoisotopic (exact) mass is 289 g/mol. The molecule has 90 valence electrons. The third kappa shape index (κ3) is 4.28. The number of alkyl halides is 4. The molecule has 0 N–H and O–H groups in total. The molecule has 3 atom stereocenters. The molecule has 1 unspecified atom stereocenters. The third-order valence-corrected chi connectivity index (χ3v) is 3.08. The molecule has 0 saturated carbocycles. The molecule has 0 spiro atoms. The Morgan fingerprint density at radius 3 is 2.20 bits per heavy atom. The van der Waals surface area contributed by atoms with Crippen LogP contribution in [0, 0.1) is 0 Å². The van der Waals surface area contributed by atoms with Crippen LogP contribution in [-0.2, 0) is 4.74 Å². The van der Waals surface area contributed by atoms with Crippen molar-refractivity contribution in [3.63, 3.8) is 0 Å². The van der Waals surface area contributed by atoms with Gasteiger partial charge in [-0.25, -0.2) is 0 Å². The molecule has 0 aromatic carbocycles. The first kappa shape index (κ1) is 13.3. The highest BCUT2D eigenvalue weighted by molar-refractivity contribution is 9.09. The van der Waals surface area contributed by atoms with Crippen molar-refractivity contribution in [1.82, 2.24) is 4.90 Å². The van der Waals surface area contributed by atoms with Crippen molar-refractivity contribution in [3.8, 4) is 0 Å². The molecular formula is C9H15BrF3NO. The van der Waals surface area contributed by atoms with E-state index < -0.39 is 11.0 Å². The maximum Gasteiger partial charge on any atom is 0.402 e. The number of hydrogen-bond acceptors (Lipinski definition) is 2. The van der Waals surface area contributed by atoms with Crippen molar-refractivity contribution in [3.05, 3.63) is 0 Å². The van der Waals surface area contributed by atoms with Crippen LogP contribution in [0.3, 0.4) is 0 Å². The Labute approximate surface area is 95.9 Å². The smallest absolute Gasteiger partial charge is 0.373 e. The maximum absolute atomic E-state index is 12.3. The van der Waals surface area contributed by atoms with E-state index in [-0.39, 0.29) is 18.8 Å². The van der Waals surface area contributed by atoms with Crippen LogP contribution in [0.2, 0.25) is 0 Å². The second kappa shape index (κ2) is 5.01. The maximum atomic E-state index is 12.3. The van der Waals surface area contributed by atoms with Gasteiger partial charge >= 0.3 is 6.18 Å². The molecular weight excluding hydrogens is 275 g/mol. The summed E-state index contributed by atoms with van der Waals surface area (Å²) in [5, 5.41) is 0. The Kier molecular flexibility index (Phi) is 4.43. The van der Waals surface area contributed by atoms with Crippen molar-refractivity contribution in [1.29, 1.82) is 0 Å². The Bertz CT molecular complexity index is 202. The predicted octanol–water partition coefficient (Wildman–Crippen LogP) is 2.42. The SMILES string of the molecule is C[C@@H]1CN(CC(Br)C(F)(F)F)C[C@H](C)O1. The van der Waals surface area contributed by atoms with Gasteiger partial charge in [0.15, 0.2) is 0 Å². The normalized spacial score (nSPS) is 31.6. The van der Waals surface area contributed by atoms with E-state index in [1.165, 1.54) is 0 Å². The van der Waals surface area contributed by atoms with Gasteiger partial charge in [-0.2, -0.15) is 13.2 Å². The van der Waals surface area contributed by atoms with Crippen LogP contribution < -0.4 is 0 Å². The average molecular weight is 290 g/mol. The summed E-state index contributed by atoms with van der Waals surface area (Å²) in [6.45, 7) is 4.85. The van der Waals surface area contributed by atoms with E-state index in [4.69, 9.17) is 4.74 Å². The molecule has 15 heavy (non-hydrogen) atoms. The van der Waals surface area contributed by atoms with Crippen molar-refractivity contribution in [2.75, 3.05) is 19.6 Å². The lowest BCUT2D eigenvalue weighted by Gasteiger charge is -2.36. The lowest BCUT2D eigenvalue weighted by Crippen LogP contribution is -2.49. The fourth-order valence-corrected chi connectivity index (χ4v) is 2.17. The van der Waals surface area contributed by atoms with E-state index in [9.17, 15) is 13.2 Å². The number of rotatable bonds is 2. The van der Waals surface area contributed by atoms with Crippen LogP contribution in [0.25, 0.3) is 0 Å². The molecule has 2 nitrogen and oxygen atoms in total. The quantitative estimate of drug-likeness (QED) is 0.724. The third-order valence-electron chi connectivity index (χ3n) is 2.27. The Balaban J connectivity index is 2.44. The van der Waals surface area contributed by atoms with Gasteiger partial charge < -0.3 is 4.74 Å². The molecule has 1 saturated heterocycles. The van der Waals surface area contributed by atoms with Gasteiger partial charge in [-0.3, -0.25) is 4.90 Å². The van der Waals surface area contributed by atoms with E-state index in [2.05, 4.69) is 15.9 Å². The van der Waals surface area contributed by atoms with E-state index >= 15 is 0 Å². The summed E-state index contributed by atoms with van der Waals surface area (Å²) in [4.78, 5) is 0.327. The number of ether oxygens (including phenoxy) is 1. The number of morpholine rings is 1. The minimum atomic E-state index is -4.18. The molecule has 0 bridgehead atoms. The molecule has 0 aliphatic carbocycles. The summed E-state index contributed by atoms with van der Waals surface area (Å²) in [6, 6.07) is 0. The van der Waals surface area contributed by atoms with Gasteiger partial charge in [0.1, 0.15) is 4.83 Å². The van der Waals surface area contributed by atoms with Crippen molar-refractivity contribution in [2.24, 2.45) is 0 Å². The summed E-state index contributed by atoms with van der Waals surface area (Å²) >= 11 is 2.67. The molecule has 1 aliphatic rings. The zero-order valence-electron chi connectivity index (χ0n) is 8.72. The highest BCUT2D eigenvalue weighted by Gasteiger charge is 2.39. The van der Waals surface area contributed by atoms with E-state index in [0.29, 0.717) is 13.1 Å². The first-order valence-corrected chi connectivity index (χ1v) is 5.79. The largest absolute Gasteiger partial charge is 0.402 e. The summed E-state index contributed by atoms with van der Waals surface area (Å²) in [5.41, 5.74) is 0. The second-order valence-electron chi connectivity index (χ2n) is 3.99. The zero-order chi connectivity index (χ0) is 11.6. The van der Waals surface area contributed by atoms with Crippen LogP contribution >= 0.6 is 15.9 Å². The van der Waals surface area contributed by atoms with Crippen LogP contribution in [0.4, 0.5) is 13.2 Å². The fourth-order valence-electron chi connectivity index (χ4n) is 1.76. The fraction of sp³-hybridized carbons (Fsp3) is 1.00. The standard InChI is InChI=1S/C9H15BrF3NO/c1-6-3-14(4-7(2)15-6)5-8(10)9(11,12)13/h6-8H,3-5H2,1-2H3/t6-,7+,8?. The van der Waals surface area contributed by atoms with Gasteiger partial charge in [0.2, 0.25) is 0 Å². The van der Waals surface area contributed by atoms with Gasteiger partial charge in [-0.15, -0.1) is 0 Å². The Hall–Kier alpha value is 0.190. The highest BCUT2D eigenvalue weighted by atomic mass is 79.9. The minimum absolute atomic E-state index is 0.00156. The molecule has 1 fully saturated rings. The van der Waals surface area contributed by atoms with Crippen molar-refractivity contribution in [2.45, 2.75) is 37.1 Å². The molecule has 1 rings (SSSR count). The molecule has 6 heteroatoms. The number of nitrogens with zero attached hydrogens (tertiary/aromatic N) is 1. The van der Waals surface area contributed by atoms with Crippen LogP contribution in [0.15, 0.2) is 0 Å². The zero-order valence-corrected chi connectivity index (χ0v) is 10.3. The number of halogens is 4. The second-order valence-corrected chi connectivity index (χ2v) is 5.09. The van der Waals surface area contributed by atoms with Gasteiger partial charge in [0.25, 0.3) is 0 Å². The summed E-state index contributed by atoms with van der Waals surface area (Å²) in [7, 11) is 0.